The molecule has 0 N–H and O–H groups in total. The zero-order chi connectivity index (χ0) is 10.9. The van der Waals surface area contributed by atoms with E-state index in [1.807, 2.05) is 37.3 Å². The molecule has 0 bridgehead atoms. The van der Waals surface area contributed by atoms with E-state index in [4.69, 9.17) is 0 Å². The van der Waals surface area contributed by atoms with Crippen LogP contribution in [0.4, 0.5) is 0 Å². The van der Waals surface area contributed by atoms with Gasteiger partial charge in [0.15, 0.2) is 0 Å². The zero-order valence-corrected chi connectivity index (χ0v) is 8.53. The van der Waals surface area contributed by atoms with Gasteiger partial charge in [-0.05, 0) is 5.56 Å². The van der Waals surface area contributed by atoms with Gasteiger partial charge in [0.05, 0.1) is 12.8 Å². The van der Waals surface area contributed by atoms with E-state index in [0.29, 0.717) is 0 Å². The van der Waals surface area contributed by atoms with E-state index in [1.54, 1.807) is 0 Å². The van der Waals surface area contributed by atoms with E-state index < -0.39 is 17.4 Å². The van der Waals surface area contributed by atoms with Gasteiger partial charge in [-0.1, -0.05) is 37.3 Å². The average molecular weight is 204 g/mol. The highest BCUT2D eigenvalue weighted by atomic mass is 16.6. The molecule has 3 heteroatoms. The van der Waals surface area contributed by atoms with Crippen molar-refractivity contribution in [3.05, 3.63) is 35.9 Å². The van der Waals surface area contributed by atoms with Crippen LogP contribution in [0.2, 0.25) is 0 Å². The summed E-state index contributed by atoms with van der Waals surface area (Å²) in [7, 11) is 0. The summed E-state index contributed by atoms with van der Waals surface area (Å²) in [6.07, 6.45) is 0.533. The number of cyclic esters (lactones) is 2. The second-order valence-corrected chi connectivity index (χ2v) is 4.13. The van der Waals surface area contributed by atoms with Crippen molar-refractivity contribution in [2.75, 3.05) is 0 Å². The van der Waals surface area contributed by atoms with Gasteiger partial charge in [0, 0.05) is 5.41 Å². The van der Waals surface area contributed by atoms with Crippen LogP contribution >= 0.6 is 0 Å². The maximum Gasteiger partial charge on any atom is 0.314 e. The van der Waals surface area contributed by atoms with Crippen LogP contribution in [0.25, 0.3) is 0 Å². The Morgan fingerprint density at radius 2 is 1.60 bits per heavy atom. The SMILES string of the molecule is CC1(c2ccccc2)CC(=O)OC(=O)C1. The van der Waals surface area contributed by atoms with Crippen LogP contribution in [0.3, 0.4) is 0 Å². The maximum atomic E-state index is 11.2. The molecule has 1 heterocycles. The van der Waals surface area contributed by atoms with Crippen LogP contribution in [-0.2, 0) is 19.7 Å². The molecule has 15 heavy (non-hydrogen) atoms. The van der Waals surface area contributed by atoms with Crippen molar-refractivity contribution >= 4 is 11.9 Å². The number of carbonyl (C=O) groups excluding carboxylic acids is 2. The maximum absolute atomic E-state index is 11.2. The highest BCUT2D eigenvalue weighted by molar-refractivity contribution is 5.90. The van der Waals surface area contributed by atoms with E-state index in [0.717, 1.165) is 5.56 Å². The van der Waals surface area contributed by atoms with Gasteiger partial charge >= 0.3 is 11.9 Å². The van der Waals surface area contributed by atoms with Crippen molar-refractivity contribution in [2.45, 2.75) is 25.2 Å². The van der Waals surface area contributed by atoms with Crippen molar-refractivity contribution in [1.82, 2.24) is 0 Å². The minimum Gasteiger partial charge on any atom is -0.393 e. The van der Waals surface area contributed by atoms with E-state index in [9.17, 15) is 9.59 Å². The lowest BCUT2D eigenvalue weighted by Gasteiger charge is -2.31. The van der Waals surface area contributed by atoms with Crippen molar-refractivity contribution in [3.8, 4) is 0 Å². The second-order valence-electron chi connectivity index (χ2n) is 4.13. The summed E-state index contributed by atoms with van der Waals surface area (Å²) in [5.74, 6) is -0.866. The average Bonchev–Trinajstić information content (AvgIpc) is 2.17. The number of esters is 2. The molecular formula is C12H12O3. The van der Waals surface area contributed by atoms with Gasteiger partial charge in [-0.25, -0.2) is 0 Å². The number of ether oxygens (including phenoxy) is 1. The van der Waals surface area contributed by atoms with Gasteiger partial charge < -0.3 is 4.74 Å². The van der Waals surface area contributed by atoms with Crippen LogP contribution < -0.4 is 0 Å². The minimum absolute atomic E-state index is 0.267. The van der Waals surface area contributed by atoms with Gasteiger partial charge in [0.25, 0.3) is 0 Å². The van der Waals surface area contributed by atoms with Crippen LogP contribution in [0, 0.1) is 0 Å². The van der Waals surface area contributed by atoms with Crippen LogP contribution in [-0.4, -0.2) is 11.9 Å². The predicted molar refractivity (Wildman–Crippen MR) is 54.1 cm³/mol. The molecule has 0 radical (unpaired) electrons. The molecule has 0 unspecified atom stereocenters. The summed E-state index contributed by atoms with van der Waals surface area (Å²) in [6.45, 7) is 1.92. The normalized spacial score (nSPS) is 19.8. The van der Waals surface area contributed by atoms with E-state index in [1.165, 1.54) is 0 Å². The molecule has 1 saturated heterocycles. The second kappa shape index (κ2) is 3.50. The van der Waals surface area contributed by atoms with Crippen LogP contribution in [0.15, 0.2) is 30.3 Å². The van der Waals surface area contributed by atoms with Crippen LogP contribution in [0.1, 0.15) is 25.3 Å². The topological polar surface area (TPSA) is 43.4 Å². The number of hydrogen-bond acceptors (Lipinski definition) is 3. The third-order valence-electron chi connectivity index (χ3n) is 2.77. The van der Waals surface area contributed by atoms with E-state index >= 15 is 0 Å². The Hall–Kier alpha value is -1.64. The first-order chi connectivity index (χ1) is 7.10. The highest BCUT2D eigenvalue weighted by Crippen LogP contribution is 2.34. The summed E-state index contributed by atoms with van der Waals surface area (Å²) >= 11 is 0. The van der Waals surface area contributed by atoms with Gasteiger partial charge in [-0.2, -0.15) is 0 Å². The Kier molecular flexibility index (Phi) is 2.31. The molecule has 3 nitrogen and oxygen atoms in total. The minimum atomic E-state index is -0.433. The smallest absolute Gasteiger partial charge is 0.314 e. The molecule has 0 saturated carbocycles. The lowest BCUT2D eigenvalue weighted by atomic mass is 9.76. The molecule has 78 valence electrons. The van der Waals surface area contributed by atoms with Gasteiger partial charge in [0.1, 0.15) is 0 Å². The third kappa shape index (κ3) is 1.91. The van der Waals surface area contributed by atoms with Crippen molar-refractivity contribution in [1.29, 1.82) is 0 Å². The fourth-order valence-electron chi connectivity index (χ4n) is 1.94. The molecular weight excluding hydrogens is 192 g/mol. The molecule has 1 aromatic rings. The summed E-state index contributed by atoms with van der Waals surface area (Å²) in [5.41, 5.74) is 0.600. The molecule has 0 atom stereocenters. The van der Waals surface area contributed by atoms with Gasteiger partial charge in [-0.3, -0.25) is 9.59 Å². The standard InChI is InChI=1S/C12H12O3/c1-12(9-5-3-2-4-6-9)7-10(13)15-11(14)8-12/h2-6H,7-8H2,1H3. The molecule has 1 aromatic carbocycles. The Labute approximate surface area is 88.1 Å². The predicted octanol–water partition coefficient (Wildman–Crippen LogP) is 1.81. The lowest BCUT2D eigenvalue weighted by Crippen LogP contribution is -2.36. The largest absolute Gasteiger partial charge is 0.393 e. The quantitative estimate of drug-likeness (QED) is 0.517. The summed E-state index contributed by atoms with van der Waals surface area (Å²) in [6, 6.07) is 9.60. The van der Waals surface area contributed by atoms with Crippen molar-refractivity contribution in [3.63, 3.8) is 0 Å². The highest BCUT2D eigenvalue weighted by Gasteiger charge is 2.38. The third-order valence-corrected chi connectivity index (χ3v) is 2.77. The van der Waals surface area contributed by atoms with E-state index in [2.05, 4.69) is 4.74 Å². The molecule has 0 amide bonds. The van der Waals surface area contributed by atoms with Gasteiger partial charge in [0.2, 0.25) is 0 Å². The van der Waals surface area contributed by atoms with Crippen molar-refractivity contribution in [2.24, 2.45) is 0 Å². The number of rotatable bonds is 1. The molecule has 0 spiro atoms. The number of carbonyl (C=O) groups is 2. The first-order valence-electron chi connectivity index (χ1n) is 4.89. The van der Waals surface area contributed by atoms with Crippen LogP contribution in [0.5, 0.6) is 0 Å². The fraction of sp³-hybridized carbons (Fsp3) is 0.333. The molecule has 0 aromatic heterocycles. The Bertz CT molecular complexity index is 379. The first kappa shape index (κ1) is 9.90. The molecule has 2 rings (SSSR count). The summed E-state index contributed by atoms with van der Waals surface area (Å²) < 4.78 is 4.53. The number of benzene rings is 1. The fourth-order valence-corrected chi connectivity index (χ4v) is 1.94. The zero-order valence-electron chi connectivity index (χ0n) is 8.53. The molecule has 1 aliphatic rings. The Morgan fingerprint density at radius 3 is 2.13 bits per heavy atom. The van der Waals surface area contributed by atoms with E-state index in [-0.39, 0.29) is 12.8 Å². The Morgan fingerprint density at radius 1 is 1.07 bits per heavy atom. The monoisotopic (exact) mass is 204 g/mol. The number of hydrogen-bond donors (Lipinski definition) is 0. The molecule has 0 aliphatic carbocycles. The lowest BCUT2D eigenvalue weighted by molar-refractivity contribution is -0.166. The molecule has 1 fully saturated rings. The summed E-state index contributed by atoms with van der Waals surface area (Å²) in [5, 5.41) is 0. The van der Waals surface area contributed by atoms with Crippen molar-refractivity contribution < 1.29 is 14.3 Å². The molecule has 1 aliphatic heterocycles. The summed E-state index contributed by atoms with van der Waals surface area (Å²) in [4.78, 5) is 22.4. The first-order valence-corrected chi connectivity index (χ1v) is 4.89. The Balaban J connectivity index is 2.34. The van der Waals surface area contributed by atoms with Gasteiger partial charge in [-0.15, -0.1) is 0 Å².